The first-order valence-electron chi connectivity index (χ1n) is 6.55. The summed E-state index contributed by atoms with van der Waals surface area (Å²) in [4.78, 5) is 13.4. The van der Waals surface area contributed by atoms with Crippen molar-refractivity contribution in [1.82, 2.24) is 0 Å². The predicted octanol–water partition coefficient (Wildman–Crippen LogP) is 4.80. The summed E-state index contributed by atoms with van der Waals surface area (Å²) in [5.41, 5.74) is 1.26. The molecule has 0 saturated heterocycles. The molecule has 0 saturated carbocycles. The first kappa shape index (κ1) is 16.6. The maximum absolute atomic E-state index is 12.3. The largest absolute Gasteiger partial charge is 0.292 e. The van der Waals surface area contributed by atoms with Crippen LogP contribution in [0.2, 0.25) is 0 Å². The SMILES string of the molecule is CC(C)(C)c1ccc(S(=O)CC(=O)c2ccc(Br)s2)cc1. The van der Waals surface area contributed by atoms with Crippen molar-refractivity contribution in [2.24, 2.45) is 0 Å². The Morgan fingerprint density at radius 3 is 2.24 bits per heavy atom. The van der Waals surface area contributed by atoms with Gasteiger partial charge in [-0.1, -0.05) is 32.9 Å². The summed E-state index contributed by atoms with van der Waals surface area (Å²) in [6.07, 6.45) is 0. The molecule has 0 aliphatic carbocycles. The van der Waals surface area contributed by atoms with Crippen LogP contribution in [-0.4, -0.2) is 15.7 Å². The average Bonchev–Trinajstić information content (AvgIpc) is 2.84. The van der Waals surface area contributed by atoms with Gasteiger partial charge in [0.2, 0.25) is 0 Å². The molecule has 0 fully saturated rings. The number of ketones is 1. The lowest BCUT2D eigenvalue weighted by molar-refractivity contribution is 0.102. The van der Waals surface area contributed by atoms with Crippen molar-refractivity contribution < 1.29 is 9.00 Å². The van der Waals surface area contributed by atoms with Crippen molar-refractivity contribution in [3.05, 3.63) is 50.6 Å². The van der Waals surface area contributed by atoms with E-state index in [4.69, 9.17) is 0 Å². The van der Waals surface area contributed by atoms with Crippen LogP contribution < -0.4 is 0 Å². The van der Waals surface area contributed by atoms with Gasteiger partial charge in [0.25, 0.3) is 0 Å². The van der Waals surface area contributed by atoms with Gasteiger partial charge in [-0.2, -0.15) is 0 Å². The van der Waals surface area contributed by atoms with E-state index in [1.165, 1.54) is 16.9 Å². The van der Waals surface area contributed by atoms with E-state index >= 15 is 0 Å². The van der Waals surface area contributed by atoms with Gasteiger partial charge in [0.15, 0.2) is 5.78 Å². The molecule has 21 heavy (non-hydrogen) atoms. The first-order valence-corrected chi connectivity index (χ1v) is 9.47. The van der Waals surface area contributed by atoms with Gasteiger partial charge in [-0.25, -0.2) is 0 Å². The van der Waals surface area contributed by atoms with Crippen LogP contribution in [0.25, 0.3) is 0 Å². The first-order chi connectivity index (χ1) is 9.77. The molecule has 0 aliphatic heterocycles. The van der Waals surface area contributed by atoms with Gasteiger partial charge in [-0.15, -0.1) is 11.3 Å². The van der Waals surface area contributed by atoms with Gasteiger partial charge in [0, 0.05) is 4.90 Å². The topological polar surface area (TPSA) is 34.1 Å². The van der Waals surface area contributed by atoms with Gasteiger partial charge in [0.1, 0.15) is 0 Å². The molecular weight excluding hydrogens is 368 g/mol. The molecule has 1 atom stereocenters. The molecule has 0 radical (unpaired) electrons. The van der Waals surface area contributed by atoms with Gasteiger partial charge in [-0.05, 0) is 51.2 Å². The monoisotopic (exact) mass is 384 g/mol. The second kappa shape index (κ2) is 6.55. The zero-order chi connectivity index (χ0) is 15.6. The molecule has 5 heteroatoms. The lowest BCUT2D eigenvalue weighted by atomic mass is 9.87. The van der Waals surface area contributed by atoms with Gasteiger partial charge < -0.3 is 0 Å². The minimum Gasteiger partial charge on any atom is -0.292 e. The fourth-order valence-electron chi connectivity index (χ4n) is 1.84. The lowest BCUT2D eigenvalue weighted by Gasteiger charge is -2.18. The number of carbonyl (C=O) groups excluding carboxylic acids is 1. The molecule has 0 bridgehead atoms. The van der Waals surface area contributed by atoms with Gasteiger partial charge in [-0.3, -0.25) is 9.00 Å². The zero-order valence-electron chi connectivity index (χ0n) is 12.2. The summed E-state index contributed by atoms with van der Waals surface area (Å²) < 4.78 is 13.2. The molecule has 2 rings (SSSR count). The molecule has 1 heterocycles. The van der Waals surface area contributed by atoms with Crippen LogP contribution >= 0.6 is 27.3 Å². The van der Waals surface area contributed by atoms with Crippen molar-refractivity contribution in [3.63, 3.8) is 0 Å². The van der Waals surface area contributed by atoms with Crippen LogP contribution in [0.5, 0.6) is 0 Å². The predicted molar refractivity (Wildman–Crippen MR) is 92.8 cm³/mol. The van der Waals surface area contributed by atoms with E-state index in [1.54, 1.807) is 6.07 Å². The Morgan fingerprint density at radius 2 is 1.76 bits per heavy atom. The van der Waals surface area contributed by atoms with Crippen molar-refractivity contribution in [2.45, 2.75) is 31.1 Å². The number of Topliss-reactive ketones (excluding diaryl/α,β-unsaturated/α-hetero) is 1. The Hall–Kier alpha value is -0.780. The van der Waals surface area contributed by atoms with E-state index in [-0.39, 0.29) is 17.0 Å². The minimum atomic E-state index is -1.30. The van der Waals surface area contributed by atoms with Crippen LogP contribution in [0.4, 0.5) is 0 Å². The summed E-state index contributed by atoms with van der Waals surface area (Å²) in [5.74, 6) is -0.0501. The summed E-state index contributed by atoms with van der Waals surface area (Å²) in [5, 5.41) is 0. The van der Waals surface area contributed by atoms with Crippen LogP contribution in [0.15, 0.2) is 45.1 Å². The second-order valence-corrected chi connectivity index (χ2v) is 9.71. The van der Waals surface area contributed by atoms with Crippen LogP contribution in [0.3, 0.4) is 0 Å². The standard InChI is InChI=1S/C16H17BrO2S2/c1-16(2,3)11-4-6-12(7-5-11)21(19)10-13(18)14-8-9-15(17)20-14/h4-9H,10H2,1-3H3. The van der Waals surface area contributed by atoms with Crippen molar-refractivity contribution in [2.75, 3.05) is 5.75 Å². The Morgan fingerprint density at radius 1 is 1.14 bits per heavy atom. The molecule has 2 nitrogen and oxygen atoms in total. The molecular formula is C16H17BrO2S2. The van der Waals surface area contributed by atoms with E-state index in [9.17, 15) is 9.00 Å². The van der Waals surface area contributed by atoms with E-state index in [2.05, 4.69) is 36.7 Å². The Kier molecular flexibility index (Phi) is 5.17. The normalized spacial score (nSPS) is 13.1. The highest BCUT2D eigenvalue weighted by atomic mass is 79.9. The third kappa shape index (κ3) is 4.34. The maximum Gasteiger partial charge on any atom is 0.185 e. The van der Waals surface area contributed by atoms with Gasteiger partial charge >= 0.3 is 0 Å². The second-order valence-electron chi connectivity index (χ2n) is 5.79. The van der Waals surface area contributed by atoms with E-state index in [0.29, 0.717) is 9.77 Å². The molecule has 0 aliphatic rings. The van der Waals surface area contributed by atoms with E-state index < -0.39 is 10.8 Å². The highest BCUT2D eigenvalue weighted by Gasteiger charge is 2.16. The highest BCUT2D eigenvalue weighted by molar-refractivity contribution is 9.11. The summed E-state index contributed by atoms with van der Waals surface area (Å²) in [7, 11) is -1.30. The van der Waals surface area contributed by atoms with Crippen LogP contribution in [-0.2, 0) is 16.2 Å². The summed E-state index contributed by atoms with van der Waals surface area (Å²) in [6.45, 7) is 6.41. The molecule has 1 aromatic heterocycles. The number of halogens is 1. The fraction of sp³-hybridized carbons (Fsp3) is 0.312. The Bertz CT molecular complexity index is 666. The summed E-state index contributed by atoms with van der Waals surface area (Å²) in [6, 6.07) is 11.3. The minimum absolute atomic E-state index is 0.0296. The van der Waals surface area contributed by atoms with Crippen LogP contribution in [0, 0.1) is 0 Å². The third-order valence-electron chi connectivity index (χ3n) is 3.09. The number of hydrogen-bond donors (Lipinski definition) is 0. The molecule has 1 unspecified atom stereocenters. The average molecular weight is 385 g/mol. The number of thiophene rings is 1. The Labute approximate surface area is 140 Å². The molecule has 112 valence electrons. The zero-order valence-corrected chi connectivity index (χ0v) is 15.4. The molecule has 2 aromatic rings. The smallest absolute Gasteiger partial charge is 0.185 e. The van der Waals surface area contributed by atoms with Crippen molar-refractivity contribution in [3.8, 4) is 0 Å². The molecule has 0 spiro atoms. The lowest BCUT2D eigenvalue weighted by Crippen LogP contribution is -2.12. The van der Waals surface area contributed by atoms with Crippen LogP contribution in [0.1, 0.15) is 36.0 Å². The summed E-state index contributed by atoms with van der Waals surface area (Å²) >= 11 is 4.70. The fourth-order valence-corrected chi connectivity index (χ4v) is 4.26. The van der Waals surface area contributed by atoms with E-state index in [0.717, 1.165) is 3.79 Å². The van der Waals surface area contributed by atoms with E-state index in [1.807, 2.05) is 30.3 Å². The Balaban J connectivity index is 2.08. The molecule has 0 amide bonds. The number of benzene rings is 1. The quantitative estimate of drug-likeness (QED) is 0.709. The number of carbonyl (C=O) groups is 1. The number of rotatable bonds is 4. The third-order valence-corrected chi connectivity index (χ3v) is 6.08. The molecule has 1 aromatic carbocycles. The molecule has 0 N–H and O–H groups in total. The highest BCUT2D eigenvalue weighted by Crippen LogP contribution is 2.25. The number of hydrogen-bond acceptors (Lipinski definition) is 3. The van der Waals surface area contributed by atoms with Gasteiger partial charge in [0.05, 0.1) is 25.2 Å². The van der Waals surface area contributed by atoms with Crippen molar-refractivity contribution in [1.29, 1.82) is 0 Å². The van der Waals surface area contributed by atoms with Crippen molar-refractivity contribution >= 4 is 43.8 Å². The maximum atomic E-state index is 12.3.